The van der Waals surface area contributed by atoms with E-state index in [1.165, 1.54) is 6.42 Å². The molecule has 2 atom stereocenters. The Morgan fingerprint density at radius 3 is 2.23 bits per heavy atom. The van der Waals surface area contributed by atoms with Crippen LogP contribution in [0, 0.1) is 17.3 Å². The SMILES string of the molecule is OCC12CC3CC(CC(F)(C3)C1)C2. The Kier molecular flexibility index (Phi) is 1.44. The van der Waals surface area contributed by atoms with E-state index in [1.807, 2.05) is 0 Å². The van der Waals surface area contributed by atoms with Crippen LogP contribution in [-0.2, 0) is 0 Å². The summed E-state index contributed by atoms with van der Waals surface area (Å²) < 4.78 is 14.2. The third kappa shape index (κ3) is 1.08. The molecule has 1 N–H and O–H groups in total. The van der Waals surface area contributed by atoms with E-state index in [9.17, 15) is 9.50 Å². The predicted molar refractivity (Wildman–Crippen MR) is 48.0 cm³/mol. The topological polar surface area (TPSA) is 20.2 Å². The van der Waals surface area contributed by atoms with Crippen molar-refractivity contribution in [2.45, 2.75) is 44.2 Å². The summed E-state index contributed by atoms with van der Waals surface area (Å²) in [6, 6.07) is 0. The Morgan fingerprint density at radius 1 is 1.15 bits per heavy atom. The van der Waals surface area contributed by atoms with Crippen LogP contribution < -0.4 is 0 Å². The molecule has 4 bridgehead atoms. The second-order valence-corrected chi connectivity index (χ2v) is 5.77. The Hall–Kier alpha value is -0.110. The van der Waals surface area contributed by atoms with Crippen LogP contribution in [-0.4, -0.2) is 17.4 Å². The van der Waals surface area contributed by atoms with Crippen LogP contribution in [0.4, 0.5) is 4.39 Å². The largest absolute Gasteiger partial charge is 0.396 e. The Balaban J connectivity index is 1.95. The molecule has 1 nitrogen and oxygen atoms in total. The van der Waals surface area contributed by atoms with Gasteiger partial charge in [0.2, 0.25) is 0 Å². The molecule has 13 heavy (non-hydrogen) atoms. The van der Waals surface area contributed by atoms with E-state index in [1.54, 1.807) is 0 Å². The molecule has 0 saturated heterocycles. The summed E-state index contributed by atoms with van der Waals surface area (Å²) in [6.45, 7) is 0.214. The monoisotopic (exact) mass is 184 g/mol. The zero-order valence-electron chi connectivity index (χ0n) is 7.93. The van der Waals surface area contributed by atoms with E-state index in [2.05, 4.69) is 0 Å². The lowest BCUT2D eigenvalue weighted by molar-refractivity contribution is -0.139. The summed E-state index contributed by atoms with van der Waals surface area (Å²) in [5, 5.41) is 9.38. The lowest BCUT2D eigenvalue weighted by Crippen LogP contribution is -2.54. The molecule has 0 heterocycles. The van der Waals surface area contributed by atoms with Gasteiger partial charge in [0.05, 0.1) is 0 Å². The van der Waals surface area contributed by atoms with Gasteiger partial charge in [-0.05, 0) is 55.8 Å². The Bertz CT molecular complexity index is 224. The van der Waals surface area contributed by atoms with E-state index in [0.717, 1.165) is 25.7 Å². The van der Waals surface area contributed by atoms with Crippen molar-refractivity contribution >= 4 is 0 Å². The highest BCUT2D eigenvalue weighted by Crippen LogP contribution is 2.62. The van der Waals surface area contributed by atoms with Crippen LogP contribution in [0.1, 0.15) is 38.5 Å². The lowest BCUT2D eigenvalue weighted by atomic mass is 9.49. The normalized spacial score (nSPS) is 58.6. The second-order valence-electron chi connectivity index (χ2n) is 5.77. The average molecular weight is 184 g/mol. The summed E-state index contributed by atoms with van der Waals surface area (Å²) in [5.74, 6) is 1.16. The smallest absolute Gasteiger partial charge is 0.112 e. The number of aliphatic hydroxyl groups excluding tert-OH is 1. The van der Waals surface area contributed by atoms with Gasteiger partial charge < -0.3 is 5.11 Å². The quantitative estimate of drug-likeness (QED) is 0.663. The van der Waals surface area contributed by atoms with Gasteiger partial charge in [0, 0.05) is 6.61 Å². The first-order chi connectivity index (χ1) is 6.13. The summed E-state index contributed by atoms with van der Waals surface area (Å²) in [7, 11) is 0. The third-order valence-corrected chi connectivity index (χ3v) is 4.45. The van der Waals surface area contributed by atoms with Gasteiger partial charge in [-0.15, -0.1) is 0 Å². The maximum Gasteiger partial charge on any atom is 0.112 e. The fourth-order valence-electron chi connectivity index (χ4n) is 4.52. The van der Waals surface area contributed by atoms with E-state index in [-0.39, 0.29) is 12.0 Å². The molecule has 4 fully saturated rings. The Morgan fingerprint density at radius 2 is 1.77 bits per heavy atom. The number of hydrogen-bond donors (Lipinski definition) is 1. The van der Waals surface area contributed by atoms with Crippen molar-refractivity contribution in [2.75, 3.05) is 6.61 Å². The van der Waals surface area contributed by atoms with Crippen LogP contribution in [0.5, 0.6) is 0 Å². The fourth-order valence-corrected chi connectivity index (χ4v) is 4.52. The van der Waals surface area contributed by atoms with Gasteiger partial charge in [0.1, 0.15) is 5.67 Å². The molecule has 4 aliphatic carbocycles. The number of hydrogen-bond acceptors (Lipinski definition) is 1. The molecule has 0 aromatic heterocycles. The first-order valence-electron chi connectivity index (χ1n) is 5.43. The maximum atomic E-state index is 14.2. The molecule has 4 rings (SSSR count). The molecule has 0 radical (unpaired) electrons. The summed E-state index contributed by atoms with van der Waals surface area (Å²) in [6.07, 6.45) is 5.62. The molecule has 2 unspecified atom stereocenters. The summed E-state index contributed by atoms with van der Waals surface area (Å²) in [4.78, 5) is 0. The van der Waals surface area contributed by atoms with Crippen molar-refractivity contribution in [2.24, 2.45) is 17.3 Å². The number of halogens is 1. The van der Waals surface area contributed by atoms with Crippen molar-refractivity contribution in [3.8, 4) is 0 Å². The maximum absolute atomic E-state index is 14.2. The van der Waals surface area contributed by atoms with Crippen molar-refractivity contribution in [1.82, 2.24) is 0 Å². The molecule has 0 spiro atoms. The molecule has 0 aromatic rings. The van der Waals surface area contributed by atoms with Gasteiger partial charge in [-0.1, -0.05) is 0 Å². The average Bonchev–Trinajstić information content (AvgIpc) is 1.99. The summed E-state index contributed by atoms with van der Waals surface area (Å²) >= 11 is 0. The standard InChI is InChI=1S/C11H17FO/c12-11-4-8-1-9(5-11)3-10(2-8,6-11)7-13/h8-9,13H,1-7H2. The minimum Gasteiger partial charge on any atom is -0.396 e. The highest BCUT2D eigenvalue weighted by Gasteiger charge is 2.57. The molecule has 0 aromatic carbocycles. The molecule has 4 aliphatic rings. The first-order valence-corrected chi connectivity index (χ1v) is 5.43. The Labute approximate surface area is 78.3 Å². The number of aliphatic hydroxyl groups is 1. The first kappa shape index (κ1) is 8.22. The summed E-state index contributed by atoms with van der Waals surface area (Å²) in [5.41, 5.74) is -0.911. The number of rotatable bonds is 1. The van der Waals surface area contributed by atoms with Gasteiger partial charge in [-0.3, -0.25) is 0 Å². The molecule has 2 heteroatoms. The van der Waals surface area contributed by atoms with Gasteiger partial charge in [0.25, 0.3) is 0 Å². The van der Waals surface area contributed by atoms with Gasteiger partial charge in [0.15, 0.2) is 0 Å². The predicted octanol–water partition coefficient (Wildman–Crippen LogP) is 2.29. The molecular weight excluding hydrogens is 167 g/mol. The molecule has 4 saturated carbocycles. The second kappa shape index (κ2) is 2.28. The molecule has 0 aliphatic heterocycles. The lowest BCUT2D eigenvalue weighted by Gasteiger charge is -2.58. The van der Waals surface area contributed by atoms with E-state index in [4.69, 9.17) is 0 Å². The van der Waals surface area contributed by atoms with Crippen molar-refractivity contribution in [3.63, 3.8) is 0 Å². The van der Waals surface area contributed by atoms with Gasteiger partial charge in [-0.25, -0.2) is 4.39 Å². The minimum atomic E-state index is -0.896. The van der Waals surface area contributed by atoms with Gasteiger partial charge >= 0.3 is 0 Å². The highest BCUT2D eigenvalue weighted by molar-refractivity contribution is 5.08. The van der Waals surface area contributed by atoms with Crippen LogP contribution >= 0.6 is 0 Å². The van der Waals surface area contributed by atoms with E-state index < -0.39 is 5.67 Å². The van der Waals surface area contributed by atoms with Crippen molar-refractivity contribution in [1.29, 1.82) is 0 Å². The zero-order chi connectivity index (χ0) is 9.10. The minimum absolute atomic E-state index is 0.0150. The van der Waals surface area contributed by atoms with Crippen LogP contribution in [0.3, 0.4) is 0 Å². The van der Waals surface area contributed by atoms with Crippen molar-refractivity contribution in [3.05, 3.63) is 0 Å². The van der Waals surface area contributed by atoms with Gasteiger partial charge in [-0.2, -0.15) is 0 Å². The highest BCUT2D eigenvalue weighted by atomic mass is 19.1. The van der Waals surface area contributed by atoms with E-state index in [0.29, 0.717) is 18.3 Å². The zero-order valence-corrected chi connectivity index (χ0v) is 7.93. The van der Waals surface area contributed by atoms with E-state index >= 15 is 0 Å². The van der Waals surface area contributed by atoms with Crippen LogP contribution in [0.2, 0.25) is 0 Å². The van der Waals surface area contributed by atoms with Crippen molar-refractivity contribution < 1.29 is 9.50 Å². The molecule has 74 valence electrons. The fraction of sp³-hybridized carbons (Fsp3) is 1.00. The molecular formula is C11H17FO. The number of alkyl halides is 1. The van der Waals surface area contributed by atoms with Crippen LogP contribution in [0.25, 0.3) is 0 Å². The van der Waals surface area contributed by atoms with Crippen LogP contribution in [0.15, 0.2) is 0 Å². The third-order valence-electron chi connectivity index (χ3n) is 4.45. The molecule has 0 amide bonds.